The molecule has 0 bridgehead atoms. The van der Waals surface area contributed by atoms with E-state index < -0.39 is 34.1 Å². The second-order valence-corrected chi connectivity index (χ2v) is 9.02. The Kier molecular flexibility index (Phi) is 7.46. The van der Waals surface area contributed by atoms with Crippen molar-refractivity contribution in [3.63, 3.8) is 0 Å². The van der Waals surface area contributed by atoms with Crippen molar-refractivity contribution in [1.82, 2.24) is 5.01 Å². The van der Waals surface area contributed by atoms with Gasteiger partial charge in [0, 0.05) is 24.2 Å². The summed E-state index contributed by atoms with van der Waals surface area (Å²) in [6.07, 6.45) is 0.408. The number of carbonyl (C=O) groups is 1. The van der Waals surface area contributed by atoms with Gasteiger partial charge in [-0.1, -0.05) is 11.8 Å². The van der Waals surface area contributed by atoms with Crippen molar-refractivity contribution in [2.24, 2.45) is 16.8 Å². The molecule has 0 aliphatic carbocycles. The number of hydrazone groups is 1. The van der Waals surface area contributed by atoms with Crippen molar-refractivity contribution >= 4 is 22.7 Å². The SMILES string of the molecule is COCCOCC(=O)N1N=C(c2cc(F)ccc2F)S[C@]12c1cc(F)ccc1OC[C@H]2CCN. The summed E-state index contributed by atoms with van der Waals surface area (Å²) in [6, 6.07) is 7.01. The van der Waals surface area contributed by atoms with Gasteiger partial charge in [-0.2, -0.15) is 5.10 Å². The molecule has 1 spiro atoms. The van der Waals surface area contributed by atoms with Crippen LogP contribution in [-0.2, 0) is 19.1 Å². The average molecular weight is 496 g/mol. The van der Waals surface area contributed by atoms with Crippen LogP contribution in [0.5, 0.6) is 5.75 Å². The van der Waals surface area contributed by atoms with Gasteiger partial charge in [0.25, 0.3) is 5.91 Å². The summed E-state index contributed by atoms with van der Waals surface area (Å²) < 4.78 is 59.3. The van der Waals surface area contributed by atoms with Crippen LogP contribution >= 0.6 is 11.8 Å². The van der Waals surface area contributed by atoms with Crippen LogP contribution in [0.3, 0.4) is 0 Å². The predicted octanol–water partition coefficient (Wildman–Crippen LogP) is 3.21. The molecule has 2 aliphatic heterocycles. The molecular weight excluding hydrogens is 471 g/mol. The van der Waals surface area contributed by atoms with Gasteiger partial charge in [0.05, 0.1) is 19.8 Å². The van der Waals surface area contributed by atoms with E-state index in [-0.39, 0.29) is 43.6 Å². The normalized spacial score (nSPS) is 21.4. The number of fused-ring (bicyclic) bond motifs is 2. The minimum absolute atomic E-state index is 0.0846. The summed E-state index contributed by atoms with van der Waals surface area (Å²) in [7, 11) is 1.51. The summed E-state index contributed by atoms with van der Waals surface area (Å²) in [5.41, 5.74) is 6.12. The van der Waals surface area contributed by atoms with E-state index in [9.17, 15) is 18.0 Å². The summed E-state index contributed by atoms with van der Waals surface area (Å²) in [6.45, 7) is 0.553. The Morgan fingerprint density at radius 2 is 2.00 bits per heavy atom. The van der Waals surface area contributed by atoms with Gasteiger partial charge in [-0.25, -0.2) is 18.2 Å². The topological polar surface area (TPSA) is 86.4 Å². The summed E-state index contributed by atoms with van der Waals surface area (Å²) in [4.78, 5) is 12.1. The second-order valence-electron chi connectivity index (χ2n) is 7.80. The molecule has 0 fully saturated rings. The van der Waals surface area contributed by atoms with Crippen molar-refractivity contribution in [3.8, 4) is 5.75 Å². The van der Waals surface area contributed by atoms with Crippen molar-refractivity contribution in [1.29, 1.82) is 0 Å². The lowest BCUT2D eigenvalue weighted by molar-refractivity contribution is -0.142. The van der Waals surface area contributed by atoms with Crippen LogP contribution in [0.4, 0.5) is 13.2 Å². The molecule has 4 rings (SSSR count). The smallest absolute Gasteiger partial charge is 0.270 e. The maximum atomic E-state index is 14.7. The third-order valence-corrected chi connectivity index (χ3v) is 7.18. The van der Waals surface area contributed by atoms with Crippen LogP contribution in [0.25, 0.3) is 0 Å². The number of ether oxygens (including phenoxy) is 3. The highest BCUT2D eigenvalue weighted by Crippen LogP contribution is 2.57. The van der Waals surface area contributed by atoms with Gasteiger partial charge in [0.1, 0.15) is 34.9 Å². The molecule has 2 N–H and O–H groups in total. The molecule has 2 aromatic carbocycles. The number of carbonyl (C=O) groups excluding carboxylic acids is 1. The van der Waals surface area contributed by atoms with Crippen LogP contribution in [0, 0.1) is 23.4 Å². The zero-order chi connectivity index (χ0) is 24.3. The Morgan fingerprint density at radius 3 is 2.76 bits per heavy atom. The lowest BCUT2D eigenvalue weighted by Crippen LogP contribution is -2.52. The molecule has 2 atom stereocenters. The van der Waals surface area contributed by atoms with Crippen LogP contribution in [0.1, 0.15) is 17.5 Å². The lowest BCUT2D eigenvalue weighted by Gasteiger charge is -2.45. The number of nitrogens with two attached hydrogens (primary N) is 1. The molecule has 2 aromatic rings. The number of halogens is 3. The quantitative estimate of drug-likeness (QED) is 0.566. The summed E-state index contributed by atoms with van der Waals surface area (Å²) >= 11 is 1.06. The average Bonchev–Trinajstić information content (AvgIpc) is 3.22. The number of hydrogen-bond acceptors (Lipinski definition) is 7. The highest BCUT2D eigenvalue weighted by molar-refractivity contribution is 8.15. The fraction of sp³-hybridized carbons (Fsp3) is 0.391. The molecule has 0 aromatic heterocycles. The van der Waals surface area contributed by atoms with Gasteiger partial charge in [0.15, 0.2) is 4.87 Å². The zero-order valence-corrected chi connectivity index (χ0v) is 19.2. The summed E-state index contributed by atoms with van der Waals surface area (Å²) in [5.74, 6) is -2.47. The first-order valence-electron chi connectivity index (χ1n) is 10.7. The van der Waals surface area contributed by atoms with E-state index in [0.29, 0.717) is 17.7 Å². The Labute approximate surface area is 199 Å². The fourth-order valence-corrected chi connectivity index (χ4v) is 5.62. The lowest BCUT2D eigenvalue weighted by atomic mass is 9.86. The van der Waals surface area contributed by atoms with E-state index in [1.807, 2.05) is 0 Å². The molecule has 0 unspecified atom stereocenters. The third-order valence-electron chi connectivity index (χ3n) is 5.65. The Balaban J connectivity index is 1.83. The Hall–Kier alpha value is -2.60. The highest BCUT2D eigenvalue weighted by Gasteiger charge is 2.57. The van der Waals surface area contributed by atoms with Gasteiger partial charge in [0.2, 0.25) is 0 Å². The first kappa shape index (κ1) is 24.5. The van der Waals surface area contributed by atoms with Gasteiger partial charge in [-0.3, -0.25) is 4.79 Å². The number of benzene rings is 2. The minimum atomic E-state index is -1.29. The number of rotatable bonds is 8. The number of hydrogen-bond donors (Lipinski definition) is 1. The van der Waals surface area contributed by atoms with Crippen LogP contribution in [0.15, 0.2) is 41.5 Å². The molecule has 11 heteroatoms. The van der Waals surface area contributed by atoms with Crippen molar-refractivity contribution in [2.45, 2.75) is 11.3 Å². The Morgan fingerprint density at radius 1 is 1.24 bits per heavy atom. The molecule has 0 saturated carbocycles. The maximum Gasteiger partial charge on any atom is 0.270 e. The summed E-state index contributed by atoms with van der Waals surface area (Å²) in [5, 5.41) is 5.69. The molecule has 34 heavy (non-hydrogen) atoms. The maximum absolute atomic E-state index is 14.7. The van der Waals surface area contributed by atoms with Crippen LogP contribution in [0.2, 0.25) is 0 Å². The van der Waals surface area contributed by atoms with Crippen molar-refractivity contribution < 1.29 is 32.2 Å². The van der Waals surface area contributed by atoms with Gasteiger partial charge >= 0.3 is 0 Å². The number of methoxy groups -OCH3 is 1. The van der Waals surface area contributed by atoms with Gasteiger partial charge in [-0.05, 0) is 49.4 Å². The van der Waals surface area contributed by atoms with Crippen molar-refractivity contribution in [3.05, 3.63) is 65.0 Å². The van der Waals surface area contributed by atoms with Crippen LogP contribution < -0.4 is 10.5 Å². The van der Waals surface area contributed by atoms with Gasteiger partial charge in [-0.15, -0.1) is 0 Å². The molecule has 7 nitrogen and oxygen atoms in total. The second kappa shape index (κ2) is 10.3. The van der Waals surface area contributed by atoms with Gasteiger partial charge < -0.3 is 19.9 Å². The molecule has 2 heterocycles. The first-order chi connectivity index (χ1) is 16.4. The monoisotopic (exact) mass is 495 g/mol. The Bertz CT molecular complexity index is 1100. The van der Waals surface area contributed by atoms with E-state index in [1.54, 1.807) is 0 Å². The first-order valence-corrected chi connectivity index (χ1v) is 11.5. The van der Waals surface area contributed by atoms with E-state index in [1.165, 1.54) is 30.3 Å². The molecule has 182 valence electrons. The molecule has 2 aliphatic rings. The third kappa shape index (κ3) is 4.52. The number of amides is 1. The fourth-order valence-electron chi connectivity index (χ4n) is 4.09. The van der Waals surface area contributed by atoms with Crippen LogP contribution in [-0.4, -0.2) is 56.0 Å². The van der Waals surface area contributed by atoms with E-state index >= 15 is 0 Å². The van der Waals surface area contributed by atoms with E-state index in [4.69, 9.17) is 19.9 Å². The standard InChI is InChI=1S/C23H24F3N3O4S/c1-31-8-9-32-13-21(30)29-23(34-22(28-29)17-10-15(24)2-4-19(17)26)14(6-7-27)12-33-20-5-3-16(25)11-18(20)23/h2-5,10-11,14H,6-9,12-13,27H2,1H3/t14-,23-/m1/s1. The van der Waals surface area contributed by atoms with E-state index in [2.05, 4.69) is 5.10 Å². The molecule has 1 amide bonds. The van der Waals surface area contributed by atoms with Crippen molar-refractivity contribution in [2.75, 3.05) is 40.1 Å². The number of nitrogens with zero attached hydrogens (tertiary/aromatic N) is 2. The minimum Gasteiger partial charge on any atom is -0.493 e. The largest absolute Gasteiger partial charge is 0.493 e. The molecule has 0 radical (unpaired) electrons. The molecule has 0 saturated heterocycles. The number of thioether (sulfide) groups is 1. The molecular formula is C23H24F3N3O4S. The highest BCUT2D eigenvalue weighted by atomic mass is 32.2. The predicted molar refractivity (Wildman–Crippen MR) is 121 cm³/mol. The van der Waals surface area contributed by atoms with E-state index in [0.717, 1.165) is 30.0 Å². The zero-order valence-electron chi connectivity index (χ0n) is 18.4.